The third-order valence-corrected chi connectivity index (χ3v) is 8.15. The van der Waals surface area contributed by atoms with E-state index in [9.17, 15) is 9.59 Å². The lowest BCUT2D eigenvalue weighted by molar-refractivity contribution is -0.139. The van der Waals surface area contributed by atoms with E-state index in [0.29, 0.717) is 41.0 Å². The van der Waals surface area contributed by atoms with E-state index in [1.165, 1.54) is 11.8 Å². The van der Waals surface area contributed by atoms with Gasteiger partial charge >= 0.3 is 5.97 Å². The third-order valence-electron chi connectivity index (χ3n) is 7.26. The van der Waals surface area contributed by atoms with E-state index in [0.717, 1.165) is 29.9 Å². The zero-order valence-corrected chi connectivity index (χ0v) is 24.1. The fourth-order valence-electron chi connectivity index (χ4n) is 5.15. The summed E-state index contributed by atoms with van der Waals surface area (Å²) in [6.45, 7) is 5.10. The highest BCUT2D eigenvalue weighted by atomic mass is 32.2. The van der Waals surface area contributed by atoms with Crippen LogP contribution in [0.2, 0.25) is 0 Å². The molecule has 10 heteroatoms. The number of methoxy groups -OCH3 is 2. The summed E-state index contributed by atoms with van der Waals surface area (Å²) in [4.78, 5) is 38.2. The highest BCUT2D eigenvalue weighted by Crippen LogP contribution is 2.48. The molecule has 3 aliphatic rings. The van der Waals surface area contributed by atoms with Crippen LogP contribution in [0.5, 0.6) is 11.5 Å². The van der Waals surface area contributed by atoms with Crippen molar-refractivity contribution in [2.24, 2.45) is 4.99 Å². The van der Waals surface area contributed by atoms with Crippen LogP contribution in [-0.4, -0.2) is 85.8 Å². The van der Waals surface area contributed by atoms with Gasteiger partial charge in [0, 0.05) is 37.4 Å². The normalized spacial score (nSPS) is 19.1. The van der Waals surface area contributed by atoms with E-state index >= 15 is 0 Å². The number of hydrogen-bond donors (Lipinski definition) is 0. The number of fused-ring (bicyclic) bond motifs is 1. The Balaban J connectivity index is 1.61. The van der Waals surface area contributed by atoms with Crippen molar-refractivity contribution in [1.29, 1.82) is 0 Å². The highest BCUT2D eigenvalue weighted by Gasteiger charge is 2.43. The SMILES string of the molecule is CCOC(=O)C1=C(c2ccccc2)N=C2SC=C(CC(=O)N3CCN(C)CC3)N2C1c1ccc(OC)c(OC)c1. The molecule has 1 atom stereocenters. The van der Waals surface area contributed by atoms with Crippen LogP contribution in [0.1, 0.15) is 30.5 Å². The molecule has 1 saturated heterocycles. The van der Waals surface area contributed by atoms with E-state index in [-0.39, 0.29) is 18.9 Å². The standard InChI is InChI=1S/C30H34N4O5S/c1-5-39-29(36)26-27(20-9-7-6-8-10-20)31-30-34(28(26)21-11-12-23(37-3)24(17-21)38-4)22(19-40-30)18-25(35)33-15-13-32(2)14-16-33/h6-12,17,19,28H,5,13-16,18H2,1-4H3. The maximum atomic E-state index is 13.7. The van der Waals surface area contributed by atoms with Crippen molar-refractivity contribution in [1.82, 2.24) is 14.7 Å². The number of ether oxygens (including phenoxy) is 3. The van der Waals surface area contributed by atoms with Gasteiger partial charge < -0.3 is 28.9 Å². The number of hydrogen-bond acceptors (Lipinski definition) is 9. The topological polar surface area (TPSA) is 83.9 Å². The molecule has 3 heterocycles. The summed E-state index contributed by atoms with van der Waals surface area (Å²) in [6.07, 6.45) is 0.205. The van der Waals surface area contributed by atoms with E-state index < -0.39 is 12.0 Å². The van der Waals surface area contributed by atoms with E-state index in [1.54, 1.807) is 21.1 Å². The Bertz CT molecular complexity index is 1370. The first-order valence-electron chi connectivity index (χ1n) is 13.3. The lowest BCUT2D eigenvalue weighted by Crippen LogP contribution is -2.47. The van der Waals surface area contributed by atoms with E-state index in [1.807, 2.05) is 63.7 Å². The summed E-state index contributed by atoms with van der Waals surface area (Å²) in [5.74, 6) is 0.727. The van der Waals surface area contributed by atoms with Crippen LogP contribution in [0.4, 0.5) is 0 Å². The average Bonchev–Trinajstić information content (AvgIpc) is 3.38. The van der Waals surface area contributed by atoms with Crippen molar-refractivity contribution in [2.45, 2.75) is 19.4 Å². The molecular formula is C30H34N4O5S. The second kappa shape index (κ2) is 12.2. The minimum Gasteiger partial charge on any atom is -0.493 e. The van der Waals surface area contributed by atoms with Gasteiger partial charge in [0.15, 0.2) is 16.7 Å². The molecule has 40 heavy (non-hydrogen) atoms. The molecule has 0 N–H and O–H groups in total. The number of likely N-dealkylation sites (N-methyl/N-ethyl adjacent to an activating group) is 1. The summed E-state index contributed by atoms with van der Waals surface area (Å²) in [5, 5.41) is 2.67. The Hall–Kier alpha value is -3.76. The number of esters is 1. The monoisotopic (exact) mass is 562 g/mol. The number of amidine groups is 1. The summed E-state index contributed by atoms with van der Waals surface area (Å²) >= 11 is 1.46. The molecule has 0 radical (unpaired) electrons. The molecule has 9 nitrogen and oxygen atoms in total. The van der Waals surface area contributed by atoms with Crippen molar-refractivity contribution >= 4 is 34.5 Å². The zero-order chi connectivity index (χ0) is 28.2. The molecule has 1 unspecified atom stereocenters. The third kappa shape index (κ3) is 5.46. The summed E-state index contributed by atoms with van der Waals surface area (Å²) in [5.41, 5.74) is 3.36. The maximum absolute atomic E-state index is 13.7. The van der Waals surface area contributed by atoms with Crippen LogP contribution >= 0.6 is 11.8 Å². The van der Waals surface area contributed by atoms with Crippen molar-refractivity contribution in [3.63, 3.8) is 0 Å². The summed E-state index contributed by atoms with van der Waals surface area (Å²) < 4.78 is 16.7. The first-order valence-corrected chi connectivity index (χ1v) is 14.2. The molecule has 0 aliphatic carbocycles. The number of carbonyl (C=O) groups is 2. The molecule has 0 spiro atoms. The molecule has 3 aliphatic heterocycles. The zero-order valence-electron chi connectivity index (χ0n) is 23.3. The predicted octanol–water partition coefficient (Wildman–Crippen LogP) is 4.14. The summed E-state index contributed by atoms with van der Waals surface area (Å²) in [6, 6.07) is 14.7. The van der Waals surface area contributed by atoms with Crippen LogP contribution in [-0.2, 0) is 14.3 Å². The molecule has 1 fully saturated rings. The molecule has 1 amide bonds. The average molecular weight is 563 g/mol. The fraction of sp³-hybridized carbons (Fsp3) is 0.367. The minimum atomic E-state index is -0.594. The first-order chi connectivity index (χ1) is 19.4. The van der Waals surface area contributed by atoms with Gasteiger partial charge in [-0.25, -0.2) is 9.79 Å². The number of benzene rings is 2. The van der Waals surface area contributed by atoms with Gasteiger partial charge in [-0.15, -0.1) is 0 Å². The molecule has 210 valence electrons. The van der Waals surface area contributed by atoms with Crippen molar-refractivity contribution in [3.05, 3.63) is 76.3 Å². The molecule has 2 aromatic carbocycles. The van der Waals surface area contributed by atoms with Crippen molar-refractivity contribution < 1.29 is 23.8 Å². The van der Waals surface area contributed by atoms with Gasteiger partial charge in [-0.3, -0.25) is 4.79 Å². The number of nitrogens with zero attached hydrogens (tertiary/aromatic N) is 4. The molecule has 0 aromatic heterocycles. The molecule has 0 saturated carbocycles. The second-order valence-corrected chi connectivity index (χ2v) is 10.6. The smallest absolute Gasteiger partial charge is 0.338 e. The number of piperazine rings is 1. The number of aliphatic imine (C=N–C) groups is 1. The van der Waals surface area contributed by atoms with Crippen molar-refractivity contribution in [3.8, 4) is 11.5 Å². The van der Waals surface area contributed by atoms with E-state index in [2.05, 4.69) is 11.9 Å². The number of carbonyl (C=O) groups excluding carboxylic acids is 2. The molecular weight excluding hydrogens is 528 g/mol. The Labute approximate surface area is 239 Å². The molecule has 0 bridgehead atoms. The first kappa shape index (κ1) is 27.8. The van der Waals surface area contributed by atoms with E-state index in [4.69, 9.17) is 19.2 Å². The Morgan fingerprint density at radius 3 is 2.40 bits per heavy atom. The van der Waals surface area contributed by atoms with Gasteiger partial charge in [0.05, 0.1) is 44.6 Å². The maximum Gasteiger partial charge on any atom is 0.338 e. The Kier molecular flexibility index (Phi) is 8.46. The molecule has 2 aromatic rings. The summed E-state index contributed by atoms with van der Waals surface area (Å²) in [7, 11) is 5.23. The van der Waals surface area contributed by atoms with Gasteiger partial charge in [-0.05, 0) is 37.1 Å². The lowest BCUT2D eigenvalue weighted by atomic mass is 9.91. The van der Waals surface area contributed by atoms with Gasteiger partial charge in [-0.2, -0.15) is 0 Å². The van der Waals surface area contributed by atoms with Gasteiger partial charge in [0.1, 0.15) is 0 Å². The van der Waals surface area contributed by atoms with Crippen molar-refractivity contribution in [2.75, 3.05) is 54.1 Å². The Morgan fingerprint density at radius 2 is 1.73 bits per heavy atom. The van der Waals surface area contributed by atoms with Crippen LogP contribution in [0.3, 0.4) is 0 Å². The van der Waals surface area contributed by atoms with Crippen LogP contribution in [0, 0.1) is 0 Å². The predicted molar refractivity (Wildman–Crippen MR) is 156 cm³/mol. The largest absolute Gasteiger partial charge is 0.493 e. The fourth-order valence-corrected chi connectivity index (χ4v) is 6.07. The Morgan fingerprint density at radius 1 is 1.00 bits per heavy atom. The van der Waals surface area contributed by atoms with Gasteiger partial charge in [-0.1, -0.05) is 48.2 Å². The van der Waals surface area contributed by atoms with Crippen LogP contribution in [0.25, 0.3) is 5.70 Å². The highest BCUT2D eigenvalue weighted by molar-refractivity contribution is 8.16. The molecule has 5 rings (SSSR count). The van der Waals surface area contributed by atoms with Gasteiger partial charge in [0.25, 0.3) is 0 Å². The quantitative estimate of drug-likeness (QED) is 0.444. The minimum absolute atomic E-state index is 0.0581. The number of thioether (sulfide) groups is 1. The number of amides is 1. The van der Waals surface area contributed by atoms with Gasteiger partial charge in [0.2, 0.25) is 5.91 Å². The lowest BCUT2D eigenvalue weighted by Gasteiger charge is -2.38. The second-order valence-electron chi connectivity index (χ2n) is 9.72. The van der Waals surface area contributed by atoms with Crippen LogP contribution in [0.15, 0.2) is 70.2 Å². The van der Waals surface area contributed by atoms with Crippen LogP contribution < -0.4 is 9.47 Å². The number of rotatable bonds is 8.